The number of rotatable bonds is 7. The summed E-state index contributed by atoms with van der Waals surface area (Å²) in [5, 5.41) is 2.78. The van der Waals surface area contributed by atoms with Crippen molar-refractivity contribution in [3.05, 3.63) is 48.5 Å². The topological polar surface area (TPSA) is 67.9 Å². The summed E-state index contributed by atoms with van der Waals surface area (Å²) in [5.74, 6) is 0.843. The minimum absolute atomic E-state index is 0.0876. The van der Waals surface area contributed by atoms with Crippen molar-refractivity contribution in [1.82, 2.24) is 0 Å². The number of hydrogen-bond acceptors (Lipinski definition) is 4. The summed E-state index contributed by atoms with van der Waals surface area (Å²) < 4.78 is 10.5. The second kappa shape index (κ2) is 8.73. The molecule has 2 amide bonds. The molecule has 1 N–H and O–H groups in total. The summed E-state index contributed by atoms with van der Waals surface area (Å²) in [6, 6.07) is 14.1. The summed E-state index contributed by atoms with van der Waals surface area (Å²) in [5.41, 5.74) is 1.25. The van der Waals surface area contributed by atoms with Gasteiger partial charge in [0.25, 0.3) is 0 Å². The van der Waals surface area contributed by atoms with Crippen molar-refractivity contribution in [3.8, 4) is 11.5 Å². The molecule has 0 saturated carbocycles. The molecule has 0 aromatic heterocycles. The summed E-state index contributed by atoms with van der Waals surface area (Å²) in [6.07, 6.45) is 0. The van der Waals surface area contributed by atoms with Crippen LogP contribution in [0.4, 0.5) is 11.4 Å². The van der Waals surface area contributed by atoms with Gasteiger partial charge in [0.1, 0.15) is 18.0 Å². The maximum atomic E-state index is 12.3. The van der Waals surface area contributed by atoms with Crippen LogP contribution in [-0.4, -0.2) is 32.1 Å². The number of carbonyl (C=O) groups is 2. The highest BCUT2D eigenvalue weighted by atomic mass is 16.5. The molecule has 0 aliphatic rings. The zero-order chi connectivity index (χ0) is 18.2. The third kappa shape index (κ3) is 5.24. The van der Waals surface area contributed by atoms with E-state index in [-0.39, 0.29) is 18.4 Å². The first-order valence-electron chi connectivity index (χ1n) is 7.98. The highest BCUT2D eigenvalue weighted by Gasteiger charge is 2.16. The van der Waals surface area contributed by atoms with Gasteiger partial charge in [-0.05, 0) is 43.3 Å². The quantitative estimate of drug-likeness (QED) is 0.840. The predicted octanol–water partition coefficient (Wildman–Crippen LogP) is 3.09. The molecule has 2 aromatic carbocycles. The number of anilines is 2. The average molecular weight is 342 g/mol. The van der Waals surface area contributed by atoms with E-state index in [4.69, 9.17) is 9.47 Å². The minimum atomic E-state index is -0.290. The fourth-order valence-electron chi connectivity index (χ4n) is 2.31. The van der Waals surface area contributed by atoms with Crippen molar-refractivity contribution < 1.29 is 19.1 Å². The van der Waals surface area contributed by atoms with Gasteiger partial charge in [0, 0.05) is 24.4 Å². The maximum absolute atomic E-state index is 12.3. The highest BCUT2D eigenvalue weighted by Crippen LogP contribution is 2.21. The van der Waals surface area contributed by atoms with E-state index < -0.39 is 0 Å². The Hall–Kier alpha value is -3.02. The van der Waals surface area contributed by atoms with Crippen LogP contribution in [0.5, 0.6) is 11.5 Å². The lowest BCUT2D eigenvalue weighted by atomic mass is 10.2. The van der Waals surface area contributed by atoms with Crippen LogP contribution < -0.4 is 19.7 Å². The lowest BCUT2D eigenvalue weighted by molar-refractivity contribution is -0.120. The molecule has 0 heterocycles. The Balaban J connectivity index is 2.06. The molecule has 0 spiro atoms. The molecule has 2 aromatic rings. The van der Waals surface area contributed by atoms with Gasteiger partial charge in [-0.3, -0.25) is 9.59 Å². The smallest absolute Gasteiger partial charge is 0.244 e. The number of nitrogens with zero attached hydrogens (tertiary/aromatic N) is 1. The van der Waals surface area contributed by atoms with Crippen LogP contribution in [0, 0.1) is 0 Å². The average Bonchev–Trinajstić information content (AvgIpc) is 2.61. The molecule has 25 heavy (non-hydrogen) atoms. The van der Waals surface area contributed by atoms with E-state index in [1.807, 2.05) is 6.92 Å². The van der Waals surface area contributed by atoms with Crippen molar-refractivity contribution in [2.75, 3.05) is 30.5 Å². The van der Waals surface area contributed by atoms with Crippen molar-refractivity contribution in [3.63, 3.8) is 0 Å². The standard InChI is InChI=1S/C19H22N2O4/c1-4-25-17-10-8-15(9-11-17)20-19(23)13-21(14(2)22)16-6-5-7-18(12-16)24-3/h5-12H,4,13H2,1-3H3,(H,20,23). The molecule has 6 heteroatoms. The molecular formula is C19H22N2O4. The van der Waals surface area contributed by atoms with Crippen molar-refractivity contribution in [1.29, 1.82) is 0 Å². The van der Waals surface area contributed by atoms with Gasteiger partial charge in [-0.25, -0.2) is 0 Å². The van der Waals surface area contributed by atoms with E-state index in [0.29, 0.717) is 23.7 Å². The first kappa shape index (κ1) is 18.3. The van der Waals surface area contributed by atoms with E-state index >= 15 is 0 Å². The molecule has 6 nitrogen and oxygen atoms in total. The summed E-state index contributed by atoms with van der Waals surface area (Å²) in [7, 11) is 1.55. The van der Waals surface area contributed by atoms with Gasteiger partial charge in [0.05, 0.1) is 13.7 Å². The Labute approximate surface area is 147 Å². The van der Waals surface area contributed by atoms with Gasteiger partial charge in [-0.2, -0.15) is 0 Å². The van der Waals surface area contributed by atoms with Crippen LogP contribution in [-0.2, 0) is 9.59 Å². The van der Waals surface area contributed by atoms with E-state index in [2.05, 4.69) is 5.32 Å². The first-order chi connectivity index (χ1) is 12.0. The number of carbonyl (C=O) groups excluding carboxylic acids is 2. The van der Waals surface area contributed by atoms with Crippen LogP contribution in [0.3, 0.4) is 0 Å². The van der Waals surface area contributed by atoms with E-state index in [1.54, 1.807) is 55.6 Å². The fourth-order valence-corrected chi connectivity index (χ4v) is 2.31. The number of methoxy groups -OCH3 is 1. The predicted molar refractivity (Wildman–Crippen MR) is 97.3 cm³/mol. The molecule has 132 valence electrons. The summed E-state index contributed by atoms with van der Waals surface area (Å²) in [4.78, 5) is 25.6. The van der Waals surface area contributed by atoms with Gasteiger partial charge in [-0.15, -0.1) is 0 Å². The molecule has 0 unspecified atom stereocenters. The maximum Gasteiger partial charge on any atom is 0.244 e. The van der Waals surface area contributed by atoms with Gasteiger partial charge in [-0.1, -0.05) is 6.07 Å². The molecule has 0 atom stereocenters. The fraction of sp³-hybridized carbons (Fsp3) is 0.263. The lowest BCUT2D eigenvalue weighted by Gasteiger charge is -2.21. The van der Waals surface area contributed by atoms with Crippen molar-refractivity contribution >= 4 is 23.2 Å². The zero-order valence-corrected chi connectivity index (χ0v) is 14.6. The Morgan fingerprint density at radius 2 is 1.80 bits per heavy atom. The second-order valence-electron chi connectivity index (χ2n) is 5.31. The van der Waals surface area contributed by atoms with E-state index in [9.17, 15) is 9.59 Å². The first-order valence-corrected chi connectivity index (χ1v) is 7.98. The number of amides is 2. The van der Waals surface area contributed by atoms with Gasteiger partial charge >= 0.3 is 0 Å². The largest absolute Gasteiger partial charge is 0.497 e. The van der Waals surface area contributed by atoms with Crippen LogP contribution in [0.15, 0.2) is 48.5 Å². The Morgan fingerprint density at radius 3 is 2.40 bits per heavy atom. The van der Waals surface area contributed by atoms with Crippen LogP contribution in [0.25, 0.3) is 0 Å². The molecular weight excluding hydrogens is 320 g/mol. The number of benzene rings is 2. The minimum Gasteiger partial charge on any atom is -0.497 e. The molecule has 0 saturated heterocycles. The molecule has 0 aliphatic heterocycles. The van der Waals surface area contributed by atoms with Crippen LogP contribution >= 0.6 is 0 Å². The van der Waals surface area contributed by atoms with Gasteiger partial charge in [0.2, 0.25) is 11.8 Å². The Bertz CT molecular complexity index is 728. The second-order valence-corrected chi connectivity index (χ2v) is 5.31. The van der Waals surface area contributed by atoms with Gasteiger partial charge < -0.3 is 19.7 Å². The molecule has 0 radical (unpaired) electrons. The Kier molecular flexibility index (Phi) is 6.39. The highest BCUT2D eigenvalue weighted by molar-refractivity contribution is 6.01. The monoisotopic (exact) mass is 342 g/mol. The molecule has 0 aliphatic carbocycles. The number of hydrogen-bond donors (Lipinski definition) is 1. The summed E-state index contributed by atoms with van der Waals surface area (Å²) in [6.45, 7) is 3.82. The lowest BCUT2D eigenvalue weighted by Crippen LogP contribution is -2.36. The van der Waals surface area contributed by atoms with Crippen molar-refractivity contribution in [2.24, 2.45) is 0 Å². The number of nitrogens with one attached hydrogen (secondary N) is 1. The number of ether oxygens (including phenoxy) is 2. The zero-order valence-electron chi connectivity index (χ0n) is 14.6. The molecule has 2 rings (SSSR count). The van der Waals surface area contributed by atoms with Crippen molar-refractivity contribution in [2.45, 2.75) is 13.8 Å². The van der Waals surface area contributed by atoms with E-state index in [1.165, 1.54) is 11.8 Å². The van der Waals surface area contributed by atoms with Crippen LogP contribution in [0.1, 0.15) is 13.8 Å². The van der Waals surface area contributed by atoms with E-state index in [0.717, 1.165) is 5.75 Å². The molecule has 0 fully saturated rings. The molecule has 0 bridgehead atoms. The SMILES string of the molecule is CCOc1ccc(NC(=O)CN(C(C)=O)c2cccc(OC)c2)cc1. The van der Waals surface area contributed by atoms with Crippen LogP contribution in [0.2, 0.25) is 0 Å². The normalized spacial score (nSPS) is 10.0. The third-order valence-electron chi connectivity index (χ3n) is 3.50. The summed E-state index contributed by atoms with van der Waals surface area (Å²) >= 11 is 0. The van der Waals surface area contributed by atoms with Gasteiger partial charge in [0.15, 0.2) is 0 Å². The third-order valence-corrected chi connectivity index (χ3v) is 3.50. The Morgan fingerprint density at radius 1 is 1.08 bits per heavy atom.